The van der Waals surface area contributed by atoms with Crippen LogP contribution in [0.2, 0.25) is 0 Å². The molecule has 2 rings (SSSR count). The summed E-state index contributed by atoms with van der Waals surface area (Å²) < 4.78 is 32.6. The van der Waals surface area contributed by atoms with Crippen LogP contribution in [0, 0.1) is 23.0 Å². The molecule has 1 aliphatic heterocycles. The van der Waals surface area contributed by atoms with Crippen LogP contribution < -0.4 is 5.32 Å². The Kier molecular flexibility index (Phi) is 4.83. The Balaban J connectivity index is 1.84. The molecule has 1 N–H and O–H groups in total. The molecule has 0 aliphatic carbocycles. The molecule has 19 heavy (non-hydrogen) atoms. The summed E-state index contributed by atoms with van der Waals surface area (Å²) in [6, 6.07) is 3.83. The minimum absolute atomic E-state index is 0.00175. The molecule has 102 valence electrons. The van der Waals surface area contributed by atoms with Crippen molar-refractivity contribution in [2.45, 2.75) is 31.9 Å². The molecule has 1 aromatic carbocycles. The Hall–Kier alpha value is -1.51. The van der Waals surface area contributed by atoms with Gasteiger partial charge < -0.3 is 10.1 Å². The number of hydrogen-bond acceptors (Lipinski definition) is 3. The third-order valence-electron chi connectivity index (χ3n) is 3.24. The van der Waals surface area contributed by atoms with Crippen LogP contribution in [0.3, 0.4) is 0 Å². The summed E-state index contributed by atoms with van der Waals surface area (Å²) in [6.45, 7) is 1.59. The van der Waals surface area contributed by atoms with Crippen molar-refractivity contribution >= 4 is 0 Å². The van der Waals surface area contributed by atoms with Crippen LogP contribution >= 0.6 is 0 Å². The fraction of sp³-hybridized carbons (Fsp3) is 0.500. The van der Waals surface area contributed by atoms with Crippen LogP contribution in [0.15, 0.2) is 12.1 Å². The van der Waals surface area contributed by atoms with E-state index in [4.69, 9.17) is 10.00 Å². The third-order valence-corrected chi connectivity index (χ3v) is 3.24. The van der Waals surface area contributed by atoms with E-state index >= 15 is 0 Å². The first-order valence-electron chi connectivity index (χ1n) is 6.41. The molecule has 1 saturated heterocycles. The maximum absolute atomic E-state index is 13.6. The number of nitriles is 1. The predicted molar refractivity (Wildman–Crippen MR) is 66.4 cm³/mol. The van der Waals surface area contributed by atoms with E-state index in [1.54, 1.807) is 6.07 Å². The average molecular weight is 266 g/mol. The highest BCUT2D eigenvalue weighted by molar-refractivity contribution is 5.34. The zero-order valence-electron chi connectivity index (χ0n) is 10.6. The lowest BCUT2D eigenvalue weighted by atomic mass is 10.1. The van der Waals surface area contributed by atoms with Gasteiger partial charge in [-0.3, -0.25) is 0 Å². The largest absolute Gasteiger partial charge is 0.378 e. The molecule has 0 bridgehead atoms. The van der Waals surface area contributed by atoms with Gasteiger partial charge >= 0.3 is 0 Å². The summed E-state index contributed by atoms with van der Waals surface area (Å²) in [7, 11) is 0. The number of halogens is 2. The van der Waals surface area contributed by atoms with Crippen molar-refractivity contribution in [3.63, 3.8) is 0 Å². The number of ether oxygens (including phenoxy) is 1. The van der Waals surface area contributed by atoms with Gasteiger partial charge in [0.25, 0.3) is 0 Å². The Labute approximate surface area is 111 Å². The smallest absolute Gasteiger partial charge is 0.131 e. The number of nitrogens with zero attached hydrogens (tertiary/aromatic N) is 1. The summed E-state index contributed by atoms with van der Waals surface area (Å²) in [5.74, 6) is -1.36. The van der Waals surface area contributed by atoms with Gasteiger partial charge in [-0.2, -0.15) is 5.26 Å². The van der Waals surface area contributed by atoms with Gasteiger partial charge in [0, 0.05) is 18.7 Å². The van der Waals surface area contributed by atoms with E-state index < -0.39 is 11.6 Å². The summed E-state index contributed by atoms with van der Waals surface area (Å²) in [5, 5.41) is 11.6. The second kappa shape index (κ2) is 6.60. The highest BCUT2D eigenvalue weighted by Gasteiger charge is 2.15. The lowest BCUT2D eigenvalue weighted by Gasteiger charge is -2.11. The SMILES string of the molecule is N#Cc1cc(F)c(CNCCC2CCCO2)c(F)c1. The van der Waals surface area contributed by atoms with Gasteiger partial charge in [-0.25, -0.2) is 8.78 Å². The summed E-state index contributed by atoms with van der Waals surface area (Å²) in [6.07, 6.45) is 3.26. The minimum Gasteiger partial charge on any atom is -0.378 e. The zero-order chi connectivity index (χ0) is 13.7. The van der Waals surface area contributed by atoms with Crippen LogP contribution in [0.1, 0.15) is 30.4 Å². The highest BCUT2D eigenvalue weighted by Crippen LogP contribution is 2.16. The second-order valence-corrected chi connectivity index (χ2v) is 4.63. The van der Waals surface area contributed by atoms with Crippen LogP contribution in [0.5, 0.6) is 0 Å². The Bertz CT molecular complexity index is 456. The van der Waals surface area contributed by atoms with Crippen molar-refractivity contribution in [1.82, 2.24) is 5.32 Å². The molecule has 3 nitrogen and oxygen atoms in total. The second-order valence-electron chi connectivity index (χ2n) is 4.63. The molecule has 0 amide bonds. The van der Waals surface area contributed by atoms with Crippen molar-refractivity contribution in [2.75, 3.05) is 13.2 Å². The van der Waals surface area contributed by atoms with E-state index in [1.807, 2.05) is 0 Å². The monoisotopic (exact) mass is 266 g/mol. The van der Waals surface area contributed by atoms with E-state index in [2.05, 4.69) is 5.32 Å². The minimum atomic E-state index is -0.679. The van der Waals surface area contributed by atoms with Gasteiger partial charge in [0.1, 0.15) is 11.6 Å². The van der Waals surface area contributed by atoms with E-state index in [9.17, 15) is 8.78 Å². The van der Waals surface area contributed by atoms with Crippen molar-refractivity contribution in [3.05, 3.63) is 34.9 Å². The van der Waals surface area contributed by atoms with Crippen molar-refractivity contribution in [3.8, 4) is 6.07 Å². The molecule has 0 spiro atoms. The zero-order valence-corrected chi connectivity index (χ0v) is 10.6. The van der Waals surface area contributed by atoms with E-state index in [0.717, 1.165) is 38.0 Å². The van der Waals surface area contributed by atoms with Crippen LogP contribution in [-0.4, -0.2) is 19.3 Å². The van der Waals surface area contributed by atoms with Gasteiger partial charge in [0.2, 0.25) is 0 Å². The van der Waals surface area contributed by atoms with Gasteiger partial charge in [-0.05, 0) is 37.9 Å². The van der Waals surface area contributed by atoms with E-state index in [-0.39, 0.29) is 23.8 Å². The summed E-state index contributed by atoms with van der Waals surface area (Å²) in [5.41, 5.74) is -0.0237. The van der Waals surface area contributed by atoms with Crippen LogP contribution in [-0.2, 0) is 11.3 Å². The fourth-order valence-corrected chi connectivity index (χ4v) is 2.18. The normalized spacial score (nSPS) is 18.5. The molecule has 0 saturated carbocycles. The maximum Gasteiger partial charge on any atom is 0.131 e. The number of hydrogen-bond donors (Lipinski definition) is 1. The third kappa shape index (κ3) is 3.72. The maximum atomic E-state index is 13.6. The molecule has 1 aromatic rings. The quantitative estimate of drug-likeness (QED) is 0.833. The lowest BCUT2D eigenvalue weighted by molar-refractivity contribution is 0.104. The molecule has 1 fully saturated rings. The van der Waals surface area contributed by atoms with Crippen molar-refractivity contribution in [2.24, 2.45) is 0 Å². The van der Waals surface area contributed by atoms with Crippen molar-refractivity contribution < 1.29 is 13.5 Å². The van der Waals surface area contributed by atoms with E-state index in [0.29, 0.717) is 6.54 Å². The van der Waals surface area contributed by atoms with Gasteiger partial charge in [-0.1, -0.05) is 0 Å². The Morgan fingerprint density at radius 1 is 1.37 bits per heavy atom. The first-order chi connectivity index (χ1) is 9.20. The van der Waals surface area contributed by atoms with E-state index in [1.165, 1.54) is 0 Å². The number of rotatable bonds is 5. The standard InChI is InChI=1S/C14H16F2N2O/c15-13-6-10(8-17)7-14(16)12(13)9-18-4-3-11-2-1-5-19-11/h6-7,11,18H,1-5,9H2. The van der Waals surface area contributed by atoms with Crippen LogP contribution in [0.25, 0.3) is 0 Å². The molecule has 0 radical (unpaired) electrons. The lowest BCUT2D eigenvalue weighted by Crippen LogP contribution is -2.21. The van der Waals surface area contributed by atoms with Crippen LogP contribution in [0.4, 0.5) is 8.78 Å². The van der Waals surface area contributed by atoms with Gasteiger partial charge in [0.05, 0.1) is 17.7 Å². The molecule has 5 heteroatoms. The summed E-state index contributed by atoms with van der Waals surface area (Å²) in [4.78, 5) is 0. The first-order valence-corrected chi connectivity index (χ1v) is 6.41. The molecule has 1 unspecified atom stereocenters. The molecule has 0 aromatic heterocycles. The Morgan fingerprint density at radius 3 is 2.68 bits per heavy atom. The fourth-order valence-electron chi connectivity index (χ4n) is 2.18. The summed E-state index contributed by atoms with van der Waals surface area (Å²) >= 11 is 0. The highest BCUT2D eigenvalue weighted by atomic mass is 19.1. The molecule has 1 atom stereocenters. The topological polar surface area (TPSA) is 45.0 Å². The number of nitrogens with one attached hydrogen (secondary N) is 1. The molecular formula is C14H16F2N2O. The average Bonchev–Trinajstić information content (AvgIpc) is 2.89. The van der Waals surface area contributed by atoms with Gasteiger partial charge in [0.15, 0.2) is 0 Å². The van der Waals surface area contributed by atoms with Gasteiger partial charge in [-0.15, -0.1) is 0 Å². The van der Waals surface area contributed by atoms with Crippen molar-refractivity contribution in [1.29, 1.82) is 5.26 Å². The predicted octanol–water partition coefficient (Wildman–Crippen LogP) is 2.50. The first kappa shape index (κ1) is 13.9. The molecule has 1 aliphatic rings. The number of benzene rings is 1. The molecule has 1 heterocycles. The molecular weight excluding hydrogens is 250 g/mol. The Morgan fingerprint density at radius 2 is 2.11 bits per heavy atom.